The van der Waals surface area contributed by atoms with E-state index in [1.165, 1.54) is 12.8 Å². The summed E-state index contributed by atoms with van der Waals surface area (Å²) in [7, 11) is 0. The molecular weight excluding hydrogens is 208 g/mol. The van der Waals surface area contributed by atoms with Gasteiger partial charge in [-0.05, 0) is 37.0 Å². The fourth-order valence-corrected chi connectivity index (χ4v) is 2.06. The normalized spacial score (nSPS) is 19.8. The molecule has 0 aliphatic carbocycles. The van der Waals surface area contributed by atoms with Crippen molar-refractivity contribution in [3.63, 3.8) is 0 Å². The molecule has 0 N–H and O–H groups in total. The molecule has 2 unspecified atom stereocenters. The molecule has 104 valence electrons. The van der Waals surface area contributed by atoms with E-state index >= 15 is 0 Å². The third-order valence-electron chi connectivity index (χ3n) is 4.86. The number of ether oxygens (including phenoxy) is 1. The second-order valence-electron chi connectivity index (χ2n) is 7.01. The summed E-state index contributed by atoms with van der Waals surface area (Å²) in [5.74, 6) is 0. The van der Waals surface area contributed by atoms with Gasteiger partial charge in [0.15, 0.2) is 0 Å². The van der Waals surface area contributed by atoms with Crippen LogP contribution in [0.2, 0.25) is 0 Å². The van der Waals surface area contributed by atoms with Gasteiger partial charge < -0.3 is 4.74 Å². The van der Waals surface area contributed by atoms with Crippen LogP contribution in [0.5, 0.6) is 0 Å². The Bertz CT molecular complexity index is 216. The monoisotopic (exact) mass is 242 g/mol. The highest BCUT2D eigenvalue weighted by atomic mass is 16.5. The van der Waals surface area contributed by atoms with Crippen molar-refractivity contribution in [3.8, 4) is 0 Å². The second-order valence-corrected chi connectivity index (χ2v) is 7.01. The van der Waals surface area contributed by atoms with Gasteiger partial charge in [-0.2, -0.15) is 0 Å². The van der Waals surface area contributed by atoms with Crippen LogP contribution in [0.4, 0.5) is 0 Å². The molecule has 0 rings (SSSR count). The zero-order valence-corrected chi connectivity index (χ0v) is 13.4. The van der Waals surface area contributed by atoms with E-state index in [1.807, 2.05) is 0 Å². The Balaban J connectivity index is 4.61. The van der Waals surface area contributed by atoms with Crippen LogP contribution in [-0.4, -0.2) is 12.2 Å². The van der Waals surface area contributed by atoms with Crippen LogP contribution in [0.3, 0.4) is 0 Å². The summed E-state index contributed by atoms with van der Waals surface area (Å²) in [5, 5.41) is 0. The lowest BCUT2D eigenvalue weighted by molar-refractivity contribution is -0.105. The summed E-state index contributed by atoms with van der Waals surface area (Å²) < 4.78 is 6.30. The molecule has 1 heteroatoms. The van der Waals surface area contributed by atoms with Crippen LogP contribution >= 0.6 is 0 Å². The van der Waals surface area contributed by atoms with Gasteiger partial charge in [0.05, 0.1) is 12.2 Å². The van der Waals surface area contributed by atoms with E-state index in [1.54, 1.807) is 0 Å². The molecule has 0 aliphatic rings. The van der Waals surface area contributed by atoms with Gasteiger partial charge >= 0.3 is 0 Å². The maximum Gasteiger partial charge on any atom is 0.0652 e. The first-order chi connectivity index (χ1) is 7.64. The van der Waals surface area contributed by atoms with E-state index < -0.39 is 0 Å². The molecule has 17 heavy (non-hydrogen) atoms. The minimum absolute atomic E-state index is 0.0659. The fraction of sp³-hybridized carbons (Fsp3) is 1.00. The summed E-state index contributed by atoms with van der Waals surface area (Å²) in [6, 6.07) is 0. The summed E-state index contributed by atoms with van der Waals surface area (Å²) in [6.07, 6.45) is 4.63. The highest BCUT2D eigenvalue weighted by Gasteiger charge is 2.37. The van der Waals surface area contributed by atoms with Crippen molar-refractivity contribution in [2.45, 2.75) is 86.7 Å². The molecule has 2 atom stereocenters. The van der Waals surface area contributed by atoms with Crippen LogP contribution in [0, 0.1) is 10.8 Å². The molecule has 0 aliphatic heterocycles. The van der Waals surface area contributed by atoms with Crippen molar-refractivity contribution in [2.75, 3.05) is 6.61 Å². The van der Waals surface area contributed by atoms with E-state index in [-0.39, 0.29) is 11.0 Å². The van der Waals surface area contributed by atoms with Gasteiger partial charge in [0.1, 0.15) is 0 Å². The van der Waals surface area contributed by atoms with Crippen LogP contribution < -0.4 is 0 Å². The summed E-state index contributed by atoms with van der Waals surface area (Å²) in [6.45, 7) is 19.2. The SMILES string of the molecule is CCCC(C)(CC)OCC(C)(CC)C(C)(C)C. The summed E-state index contributed by atoms with van der Waals surface area (Å²) in [4.78, 5) is 0. The second kappa shape index (κ2) is 6.22. The molecular formula is C16H34O. The molecule has 0 saturated heterocycles. The molecule has 0 heterocycles. The smallest absolute Gasteiger partial charge is 0.0652 e. The van der Waals surface area contributed by atoms with Crippen molar-refractivity contribution < 1.29 is 4.74 Å². The summed E-state index contributed by atoms with van der Waals surface area (Å²) >= 11 is 0. The first kappa shape index (κ1) is 17.0. The lowest BCUT2D eigenvalue weighted by Gasteiger charge is -2.43. The predicted octanol–water partition coefficient (Wildman–Crippen LogP) is 5.43. The van der Waals surface area contributed by atoms with E-state index in [0.29, 0.717) is 5.41 Å². The van der Waals surface area contributed by atoms with Gasteiger partial charge in [0.2, 0.25) is 0 Å². The average Bonchev–Trinajstić information content (AvgIpc) is 2.25. The maximum atomic E-state index is 6.30. The highest BCUT2D eigenvalue weighted by molar-refractivity contribution is 4.86. The van der Waals surface area contributed by atoms with Gasteiger partial charge in [-0.1, -0.05) is 54.9 Å². The van der Waals surface area contributed by atoms with Gasteiger partial charge in [0, 0.05) is 0 Å². The van der Waals surface area contributed by atoms with Gasteiger partial charge in [-0.3, -0.25) is 0 Å². The standard InChI is InChI=1S/C16H34O/c1-9-12-16(8,11-3)17-13-15(7,10-2)14(4,5)6/h9-13H2,1-8H3. The first-order valence-corrected chi connectivity index (χ1v) is 7.28. The lowest BCUT2D eigenvalue weighted by Crippen LogP contribution is -2.40. The summed E-state index contributed by atoms with van der Waals surface area (Å²) in [5.41, 5.74) is 0.621. The maximum absolute atomic E-state index is 6.30. The van der Waals surface area contributed by atoms with E-state index in [2.05, 4.69) is 55.4 Å². The zero-order chi connectivity index (χ0) is 13.7. The fourth-order valence-electron chi connectivity index (χ4n) is 2.06. The Morgan fingerprint density at radius 1 is 0.824 bits per heavy atom. The molecule has 0 radical (unpaired) electrons. The molecule has 0 aromatic heterocycles. The molecule has 0 aromatic rings. The van der Waals surface area contributed by atoms with Crippen LogP contribution in [0.25, 0.3) is 0 Å². The van der Waals surface area contributed by atoms with Gasteiger partial charge in [-0.25, -0.2) is 0 Å². The Morgan fingerprint density at radius 2 is 1.35 bits per heavy atom. The topological polar surface area (TPSA) is 9.23 Å². The Labute approximate surface area is 109 Å². The van der Waals surface area contributed by atoms with Crippen molar-refractivity contribution in [1.82, 2.24) is 0 Å². The minimum Gasteiger partial charge on any atom is -0.375 e. The number of hydrogen-bond acceptors (Lipinski definition) is 1. The van der Waals surface area contributed by atoms with Gasteiger partial charge in [0.25, 0.3) is 0 Å². The van der Waals surface area contributed by atoms with E-state index in [9.17, 15) is 0 Å². The quantitative estimate of drug-likeness (QED) is 0.578. The van der Waals surface area contributed by atoms with Crippen molar-refractivity contribution in [1.29, 1.82) is 0 Å². The molecule has 0 spiro atoms. The van der Waals surface area contributed by atoms with Gasteiger partial charge in [-0.15, -0.1) is 0 Å². The Morgan fingerprint density at radius 3 is 1.65 bits per heavy atom. The van der Waals surface area contributed by atoms with E-state index in [0.717, 1.165) is 19.4 Å². The van der Waals surface area contributed by atoms with Crippen LogP contribution in [0.15, 0.2) is 0 Å². The first-order valence-electron chi connectivity index (χ1n) is 7.28. The van der Waals surface area contributed by atoms with Crippen molar-refractivity contribution in [2.24, 2.45) is 10.8 Å². The lowest BCUT2D eigenvalue weighted by atomic mass is 9.67. The molecule has 0 aromatic carbocycles. The zero-order valence-electron chi connectivity index (χ0n) is 13.4. The van der Waals surface area contributed by atoms with Crippen molar-refractivity contribution >= 4 is 0 Å². The molecule has 1 nitrogen and oxygen atoms in total. The van der Waals surface area contributed by atoms with Crippen LogP contribution in [0.1, 0.15) is 81.1 Å². The third-order valence-corrected chi connectivity index (χ3v) is 4.86. The molecule has 0 fully saturated rings. The molecule has 0 bridgehead atoms. The van der Waals surface area contributed by atoms with Crippen molar-refractivity contribution in [3.05, 3.63) is 0 Å². The largest absolute Gasteiger partial charge is 0.375 e. The Kier molecular flexibility index (Phi) is 6.21. The number of hydrogen-bond donors (Lipinski definition) is 0. The van der Waals surface area contributed by atoms with Crippen LogP contribution in [-0.2, 0) is 4.74 Å². The molecule has 0 amide bonds. The third kappa shape index (κ3) is 4.62. The average molecular weight is 242 g/mol. The Hall–Kier alpha value is -0.0400. The molecule has 0 saturated carbocycles. The highest BCUT2D eigenvalue weighted by Crippen LogP contribution is 2.42. The number of rotatable bonds is 7. The minimum atomic E-state index is 0.0659. The van der Waals surface area contributed by atoms with E-state index in [4.69, 9.17) is 4.74 Å². The predicted molar refractivity (Wildman–Crippen MR) is 77.4 cm³/mol.